The van der Waals surface area contributed by atoms with Gasteiger partial charge in [0, 0.05) is 17.8 Å². The number of carbonyl (C=O) groups is 1. The van der Waals surface area contributed by atoms with Crippen LogP contribution in [0.5, 0.6) is 0 Å². The van der Waals surface area contributed by atoms with Crippen LogP contribution in [-0.2, 0) is 17.7 Å². The Morgan fingerprint density at radius 2 is 2.20 bits per heavy atom. The molecule has 6 heteroatoms. The average Bonchev–Trinajstić information content (AvgIpc) is 2.42. The summed E-state index contributed by atoms with van der Waals surface area (Å²) in [5, 5.41) is 0.0329. The molecule has 1 fully saturated rings. The molecule has 1 aromatic rings. The van der Waals surface area contributed by atoms with E-state index in [1.54, 1.807) is 15.7 Å². The fraction of sp³-hybridized carbons (Fsp3) is 0.571. The topological polar surface area (TPSA) is 51.5 Å². The summed E-state index contributed by atoms with van der Waals surface area (Å²) < 4.78 is 7.45. The Hall–Kier alpha value is -1.33. The van der Waals surface area contributed by atoms with Crippen LogP contribution < -0.4 is 5.43 Å². The molecule has 5 nitrogen and oxygen atoms in total. The molecule has 0 radical (unpaired) electrons. The highest BCUT2D eigenvalue weighted by atomic mass is 35.5. The molecule has 20 heavy (non-hydrogen) atoms. The third kappa shape index (κ3) is 1.88. The summed E-state index contributed by atoms with van der Waals surface area (Å²) >= 11 is 6.15. The van der Waals surface area contributed by atoms with E-state index in [2.05, 4.69) is 0 Å². The molecule has 0 bridgehead atoms. The van der Waals surface area contributed by atoms with E-state index in [-0.39, 0.29) is 28.6 Å². The van der Waals surface area contributed by atoms with Crippen LogP contribution in [0, 0.1) is 0 Å². The van der Waals surface area contributed by atoms with Gasteiger partial charge in [0.2, 0.25) is 5.43 Å². The number of aryl methyl sites for hydroxylation is 1. The summed E-state index contributed by atoms with van der Waals surface area (Å²) in [5.41, 5.74) is 0.684. The van der Waals surface area contributed by atoms with Gasteiger partial charge in [0.05, 0.1) is 13.2 Å². The van der Waals surface area contributed by atoms with Crippen molar-refractivity contribution in [1.29, 1.82) is 0 Å². The number of rotatable bonds is 1. The van der Waals surface area contributed by atoms with Crippen molar-refractivity contribution in [2.75, 3.05) is 6.61 Å². The first-order valence-electron chi connectivity index (χ1n) is 6.90. The number of hydrogen-bond donors (Lipinski definition) is 0. The van der Waals surface area contributed by atoms with Crippen molar-refractivity contribution in [1.82, 2.24) is 9.47 Å². The van der Waals surface area contributed by atoms with E-state index < -0.39 is 0 Å². The minimum absolute atomic E-state index is 0.0329. The molecule has 1 amide bonds. The van der Waals surface area contributed by atoms with Crippen molar-refractivity contribution in [2.45, 2.75) is 45.5 Å². The lowest BCUT2D eigenvalue weighted by atomic mass is 10.1. The Morgan fingerprint density at radius 3 is 2.90 bits per heavy atom. The molecule has 0 saturated carbocycles. The average molecular weight is 297 g/mol. The Morgan fingerprint density at radius 1 is 1.45 bits per heavy atom. The van der Waals surface area contributed by atoms with Gasteiger partial charge in [-0.3, -0.25) is 9.59 Å². The molecule has 3 heterocycles. The maximum atomic E-state index is 12.6. The molecule has 1 aromatic heterocycles. The Labute approximate surface area is 122 Å². The SMILES string of the molecule is CCc1cn2c(c(Cl)c1=O)C(=O)N1[C@H](C)CCO[C@H]1C2. The van der Waals surface area contributed by atoms with E-state index in [9.17, 15) is 9.59 Å². The Balaban J connectivity index is 2.15. The van der Waals surface area contributed by atoms with Gasteiger partial charge in [0.15, 0.2) is 6.23 Å². The molecule has 0 aliphatic carbocycles. The fourth-order valence-electron chi connectivity index (χ4n) is 2.94. The largest absolute Gasteiger partial charge is 0.356 e. The Kier molecular flexibility index (Phi) is 3.34. The van der Waals surface area contributed by atoms with Crippen LogP contribution in [0.25, 0.3) is 0 Å². The number of ether oxygens (including phenoxy) is 1. The van der Waals surface area contributed by atoms with Crippen molar-refractivity contribution in [2.24, 2.45) is 0 Å². The van der Waals surface area contributed by atoms with Gasteiger partial charge in [-0.05, 0) is 19.8 Å². The van der Waals surface area contributed by atoms with Crippen LogP contribution in [0.2, 0.25) is 5.02 Å². The summed E-state index contributed by atoms with van der Waals surface area (Å²) in [6.45, 7) is 5.07. The van der Waals surface area contributed by atoms with Gasteiger partial charge in [0.25, 0.3) is 5.91 Å². The van der Waals surface area contributed by atoms with Crippen molar-refractivity contribution in [3.8, 4) is 0 Å². The summed E-state index contributed by atoms with van der Waals surface area (Å²) in [5.74, 6) is -0.210. The molecule has 1 saturated heterocycles. The van der Waals surface area contributed by atoms with Crippen molar-refractivity contribution < 1.29 is 9.53 Å². The molecule has 0 spiro atoms. The normalized spacial score (nSPS) is 25.4. The molecule has 0 unspecified atom stereocenters. The number of fused-ring (bicyclic) bond motifs is 2. The monoisotopic (exact) mass is 296 g/mol. The zero-order chi connectivity index (χ0) is 14.4. The fourth-order valence-corrected chi connectivity index (χ4v) is 3.25. The van der Waals surface area contributed by atoms with Crippen LogP contribution in [0.3, 0.4) is 0 Å². The van der Waals surface area contributed by atoms with Crippen LogP contribution in [0.1, 0.15) is 36.3 Å². The third-order valence-electron chi connectivity index (χ3n) is 4.10. The first-order chi connectivity index (χ1) is 9.54. The standard InChI is InChI=1S/C14H17ClN2O3/c1-3-9-6-16-7-10-17(8(2)4-5-20-10)14(19)12(16)11(15)13(9)18/h6,8,10H,3-5,7H2,1-2H3/t8-,10+/m1/s1. The highest BCUT2D eigenvalue weighted by Crippen LogP contribution is 2.28. The second-order valence-corrected chi connectivity index (χ2v) is 5.71. The van der Waals surface area contributed by atoms with Gasteiger partial charge in [-0.2, -0.15) is 0 Å². The second kappa shape index (κ2) is 4.90. The van der Waals surface area contributed by atoms with Crippen molar-refractivity contribution >= 4 is 17.5 Å². The first-order valence-corrected chi connectivity index (χ1v) is 7.28. The van der Waals surface area contributed by atoms with Crippen LogP contribution in [0.15, 0.2) is 11.0 Å². The number of halogens is 1. The lowest BCUT2D eigenvalue weighted by Crippen LogP contribution is -2.57. The lowest BCUT2D eigenvalue weighted by Gasteiger charge is -2.44. The number of pyridine rings is 1. The maximum absolute atomic E-state index is 12.6. The summed E-state index contributed by atoms with van der Waals surface area (Å²) in [6.07, 6.45) is 2.87. The minimum Gasteiger partial charge on any atom is -0.356 e. The van der Waals surface area contributed by atoms with Gasteiger partial charge >= 0.3 is 0 Å². The molecule has 2 aliphatic heterocycles. The van der Waals surface area contributed by atoms with Gasteiger partial charge in [0.1, 0.15) is 10.7 Å². The first kappa shape index (κ1) is 13.6. The van der Waals surface area contributed by atoms with Gasteiger partial charge in [-0.25, -0.2) is 0 Å². The number of carbonyl (C=O) groups excluding carboxylic acids is 1. The van der Waals surface area contributed by atoms with E-state index in [0.717, 1.165) is 6.42 Å². The van der Waals surface area contributed by atoms with Gasteiger partial charge in [-0.1, -0.05) is 18.5 Å². The number of hydrogen-bond acceptors (Lipinski definition) is 3. The Bertz CT molecular complexity index is 626. The van der Waals surface area contributed by atoms with E-state index in [0.29, 0.717) is 30.8 Å². The maximum Gasteiger partial charge on any atom is 0.274 e. The van der Waals surface area contributed by atoms with Crippen LogP contribution in [-0.4, -0.2) is 34.3 Å². The predicted molar refractivity (Wildman–Crippen MR) is 75.1 cm³/mol. The molecular formula is C14H17ClN2O3. The quantitative estimate of drug-likeness (QED) is 0.792. The smallest absolute Gasteiger partial charge is 0.274 e. The van der Waals surface area contributed by atoms with E-state index in [1.807, 2.05) is 13.8 Å². The molecule has 2 aliphatic rings. The van der Waals surface area contributed by atoms with Crippen molar-refractivity contribution in [3.63, 3.8) is 0 Å². The highest BCUT2D eigenvalue weighted by Gasteiger charge is 2.40. The van der Waals surface area contributed by atoms with E-state index >= 15 is 0 Å². The lowest BCUT2D eigenvalue weighted by molar-refractivity contribution is -0.112. The zero-order valence-corrected chi connectivity index (χ0v) is 12.3. The van der Waals surface area contributed by atoms with E-state index in [4.69, 9.17) is 16.3 Å². The number of amides is 1. The molecule has 0 N–H and O–H groups in total. The summed E-state index contributed by atoms with van der Waals surface area (Å²) in [6, 6.07) is 0.104. The zero-order valence-electron chi connectivity index (χ0n) is 11.6. The summed E-state index contributed by atoms with van der Waals surface area (Å²) in [4.78, 5) is 26.5. The number of aromatic nitrogens is 1. The molecule has 108 valence electrons. The highest BCUT2D eigenvalue weighted by molar-refractivity contribution is 6.33. The summed E-state index contributed by atoms with van der Waals surface area (Å²) in [7, 11) is 0. The molecule has 2 atom stereocenters. The molecule has 3 rings (SSSR count). The van der Waals surface area contributed by atoms with Gasteiger partial charge < -0.3 is 14.2 Å². The van der Waals surface area contributed by atoms with E-state index in [1.165, 1.54) is 0 Å². The van der Waals surface area contributed by atoms with Crippen LogP contribution >= 0.6 is 11.6 Å². The number of nitrogens with zero attached hydrogens (tertiary/aromatic N) is 2. The van der Waals surface area contributed by atoms with Crippen molar-refractivity contribution in [3.05, 3.63) is 32.7 Å². The molecule has 0 aromatic carbocycles. The van der Waals surface area contributed by atoms with Crippen LogP contribution in [0.4, 0.5) is 0 Å². The molecular weight excluding hydrogens is 280 g/mol. The third-order valence-corrected chi connectivity index (χ3v) is 4.45. The van der Waals surface area contributed by atoms with Gasteiger partial charge in [-0.15, -0.1) is 0 Å². The predicted octanol–water partition coefficient (Wildman–Crippen LogP) is 1.65. The minimum atomic E-state index is -0.262. The second-order valence-electron chi connectivity index (χ2n) is 5.33.